The molecule has 1 aromatic carbocycles. The molecule has 3 nitrogen and oxygen atoms in total. The fourth-order valence-electron chi connectivity index (χ4n) is 2.79. The molecule has 0 radical (unpaired) electrons. The van der Waals surface area contributed by atoms with E-state index in [1.54, 1.807) is 18.2 Å². The zero-order valence-corrected chi connectivity index (χ0v) is 13.6. The highest BCUT2D eigenvalue weighted by atomic mass is 32.2. The smallest absolute Gasteiger partial charge is 0.179 e. The number of sulfone groups is 1. The lowest BCUT2D eigenvalue weighted by atomic mass is 10.1. The predicted octanol–water partition coefficient (Wildman–Crippen LogP) is 3.06. The fraction of sp³-hybridized carbons (Fsp3) is 0.529. The fourth-order valence-corrected chi connectivity index (χ4v) is 4.34. The Morgan fingerprint density at radius 3 is 2.38 bits per heavy atom. The first kappa shape index (κ1) is 16.2. The standard InChI is InChI=1S/C17H25NO2S/c1-3-16(13-18-11-5-4-6-12-18)14-21(19,20)17-9-7-15(2)8-10-17/h3,7-10,16H,1,4-6,11-14H2,2H3. The highest BCUT2D eigenvalue weighted by Gasteiger charge is 2.22. The molecule has 0 aromatic heterocycles. The normalized spacial score (nSPS) is 18.3. The molecule has 116 valence electrons. The molecule has 1 atom stereocenters. The van der Waals surface area contributed by atoms with Crippen LogP contribution in [0.4, 0.5) is 0 Å². The first-order valence-corrected chi connectivity index (χ1v) is 9.31. The van der Waals surface area contributed by atoms with Gasteiger partial charge in [-0.15, -0.1) is 6.58 Å². The van der Waals surface area contributed by atoms with Crippen LogP contribution >= 0.6 is 0 Å². The van der Waals surface area contributed by atoms with Crippen molar-refractivity contribution < 1.29 is 8.42 Å². The van der Waals surface area contributed by atoms with E-state index in [0.29, 0.717) is 4.90 Å². The maximum atomic E-state index is 12.5. The first-order chi connectivity index (χ1) is 10.0. The summed E-state index contributed by atoms with van der Waals surface area (Å²) < 4.78 is 25.0. The van der Waals surface area contributed by atoms with E-state index in [4.69, 9.17) is 0 Å². The molecule has 1 unspecified atom stereocenters. The van der Waals surface area contributed by atoms with Crippen LogP contribution in [0.2, 0.25) is 0 Å². The largest absolute Gasteiger partial charge is 0.303 e. The summed E-state index contributed by atoms with van der Waals surface area (Å²) in [6.45, 7) is 8.74. The van der Waals surface area contributed by atoms with E-state index in [1.165, 1.54) is 19.3 Å². The minimum absolute atomic E-state index is 0.00518. The van der Waals surface area contributed by atoms with Gasteiger partial charge in [0.15, 0.2) is 9.84 Å². The van der Waals surface area contributed by atoms with Crippen LogP contribution < -0.4 is 0 Å². The van der Waals surface area contributed by atoms with Gasteiger partial charge in [0.05, 0.1) is 10.6 Å². The molecule has 21 heavy (non-hydrogen) atoms. The van der Waals surface area contributed by atoms with Gasteiger partial charge in [0.2, 0.25) is 0 Å². The van der Waals surface area contributed by atoms with Crippen molar-refractivity contribution in [3.63, 3.8) is 0 Å². The van der Waals surface area contributed by atoms with Crippen molar-refractivity contribution in [1.29, 1.82) is 0 Å². The van der Waals surface area contributed by atoms with Gasteiger partial charge in [0.25, 0.3) is 0 Å². The molecular formula is C17H25NO2S. The van der Waals surface area contributed by atoms with Crippen LogP contribution in [0.15, 0.2) is 41.8 Å². The summed E-state index contributed by atoms with van der Waals surface area (Å²) in [4.78, 5) is 2.78. The Hall–Kier alpha value is -1.13. The van der Waals surface area contributed by atoms with Crippen molar-refractivity contribution >= 4 is 9.84 Å². The number of likely N-dealkylation sites (tertiary alicyclic amines) is 1. The van der Waals surface area contributed by atoms with Crippen molar-refractivity contribution in [2.24, 2.45) is 5.92 Å². The molecular weight excluding hydrogens is 282 g/mol. The van der Waals surface area contributed by atoms with Crippen LogP contribution in [0.25, 0.3) is 0 Å². The topological polar surface area (TPSA) is 37.4 Å². The second-order valence-corrected chi connectivity index (χ2v) is 7.99. The van der Waals surface area contributed by atoms with E-state index in [0.717, 1.165) is 25.2 Å². The number of rotatable bonds is 6. The van der Waals surface area contributed by atoms with Crippen LogP contribution in [0.3, 0.4) is 0 Å². The Labute approximate surface area is 128 Å². The Balaban J connectivity index is 2.02. The minimum atomic E-state index is -3.24. The lowest BCUT2D eigenvalue weighted by Crippen LogP contribution is -2.35. The van der Waals surface area contributed by atoms with Crippen molar-refractivity contribution in [3.05, 3.63) is 42.5 Å². The molecule has 1 heterocycles. The molecule has 1 aliphatic rings. The third-order valence-electron chi connectivity index (χ3n) is 4.09. The maximum Gasteiger partial charge on any atom is 0.179 e. The van der Waals surface area contributed by atoms with E-state index in [2.05, 4.69) is 11.5 Å². The molecule has 0 bridgehead atoms. The summed E-state index contributed by atoms with van der Waals surface area (Å²) in [7, 11) is -3.24. The quantitative estimate of drug-likeness (QED) is 0.758. The number of hydrogen-bond donors (Lipinski definition) is 0. The maximum absolute atomic E-state index is 12.5. The average Bonchev–Trinajstić information content (AvgIpc) is 2.48. The van der Waals surface area contributed by atoms with Gasteiger partial charge in [-0.25, -0.2) is 8.42 Å². The van der Waals surface area contributed by atoms with E-state index < -0.39 is 9.84 Å². The van der Waals surface area contributed by atoms with Crippen LogP contribution in [-0.4, -0.2) is 38.7 Å². The number of benzene rings is 1. The van der Waals surface area contributed by atoms with E-state index in [9.17, 15) is 8.42 Å². The first-order valence-electron chi connectivity index (χ1n) is 7.65. The average molecular weight is 307 g/mol. The molecule has 0 spiro atoms. The monoisotopic (exact) mass is 307 g/mol. The Bertz CT molecular complexity index is 557. The van der Waals surface area contributed by atoms with E-state index in [-0.39, 0.29) is 11.7 Å². The molecule has 1 aliphatic heterocycles. The summed E-state index contributed by atoms with van der Waals surface area (Å²) in [5.74, 6) is 0.144. The Morgan fingerprint density at radius 1 is 1.19 bits per heavy atom. The number of nitrogens with zero attached hydrogens (tertiary/aromatic N) is 1. The summed E-state index contributed by atoms with van der Waals surface area (Å²) in [6, 6.07) is 7.10. The Kier molecular flexibility index (Phi) is 5.59. The molecule has 1 saturated heterocycles. The van der Waals surface area contributed by atoms with Crippen molar-refractivity contribution in [2.75, 3.05) is 25.4 Å². The number of hydrogen-bond acceptors (Lipinski definition) is 3. The zero-order chi connectivity index (χ0) is 15.3. The van der Waals surface area contributed by atoms with Crippen LogP contribution in [0.1, 0.15) is 24.8 Å². The van der Waals surface area contributed by atoms with Crippen LogP contribution in [0.5, 0.6) is 0 Å². The lowest BCUT2D eigenvalue weighted by Gasteiger charge is -2.29. The third-order valence-corrected chi connectivity index (χ3v) is 5.95. The molecule has 2 rings (SSSR count). The third kappa shape index (κ3) is 4.68. The van der Waals surface area contributed by atoms with Crippen LogP contribution in [-0.2, 0) is 9.84 Å². The van der Waals surface area contributed by atoms with Gasteiger partial charge in [-0.2, -0.15) is 0 Å². The van der Waals surface area contributed by atoms with Gasteiger partial charge in [-0.1, -0.05) is 30.2 Å². The summed E-state index contributed by atoms with van der Waals surface area (Å²) in [5, 5.41) is 0. The SMILES string of the molecule is C=CC(CN1CCCCC1)CS(=O)(=O)c1ccc(C)cc1. The van der Waals surface area contributed by atoms with Crippen molar-refractivity contribution in [1.82, 2.24) is 4.90 Å². The van der Waals surface area contributed by atoms with E-state index in [1.807, 2.05) is 19.1 Å². The van der Waals surface area contributed by atoms with Crippen molar-refractivity contribution in [3.8, 4) is 0 Å². The molecule has 4 heteroatoms. The summed E-state index contributed by atoms with van der Waals surface area (Å²) >= 11 is 0. The summed E-state index contributed by atoms with van der Waals surface area (Å²) in [5.41, 5.74) is 1.07. The van der Waals surface area contributed by atoms with Gasteiger partial charge in [-0.3, -0.25) is 0 Å². The molecule has 0 saturated carbocycles. The minimum Gasteiger partial charge on any atom is -0.303 e. The number of aryl methyl sites for hydroxylation is 1. The molecule has 0 N–H and O–H groups in total. The predicted molar refractivity (Wildman–Crippen MR) is 87.2 cm³/mol. The van der Waals surface area contributed by atoms with Crippen LogP contribution in [0, 0.1) is 12.8 Å². The molecule has 1 aromatic rings. The Morgan fingerprint density at radius 2 is 1.81 bits per heavy atom. The van der Waals surface area contributed by atoms with Gasteiger partial charge in [-0.05, 0) is 45.0 Å². The van der Waals surface area contributed by atoms with Gasteiger partial charge < -0.3 is 4.90 Å². The summed E-state index contributed by atoms with van der Waals surface area (Å²) in [6.07, 6.45) is 5.51. The highest BCUT2D eigenvalue weighted by molar-refractivity contribution is 7.91. The molecule has 0 amide bonds. The van der Waals surface area contributed by atoms with Crippen molar-refractivity contribution in [2.45, 2.75) is 31.1 Å². The second kappa shape index (κ2) is 7.23. The zero-order valence-electron chi connectivity index (χ0n) is 12.8. The molecule has 0 aliphatic carbocycles. The van der Waals surface area contributed by atoms with E-state index >= 15 is 0 Å². The highest BCUT2D eigenvalue weighted by Crippen LogP contribution is 2.18. The second-order valence-electron chi connectivity index (χ2n) is 5.95. The lowest BCUT2D eigenvalue weighted by molar-refractivity contribution is 0.213. The molecule has 1 fully saturated rings. The van der Waals surface area contributed by atoms with Gasteiger partial charge in [0.1, 0.15) is 0 Å². The van der Waals surface area contributed by atoms with Gasteiger partial charge >= 0.3 is 0 Å². The van der Waals surface area contributed by atoms with Gasteiger partial charge in [0, 0.05) is 12.5 Å². The number of piperidine rings is 1.